The van der Waals surface area contributed by atoms with Gasteiger partial charge >= 0.3 is 0 Å². The molecule has 1 N–H and O–H groups in total. The van der Waals surface area contributed by atoms with Gasteiger partial charge in [-0.3, -0.25) is 9.59 Å². The Kier molecular flexibility index (Phi) is 5.15. The average Bonchev–Trinajstić information content (AvgIpc) is 2.98. The first-order chi connectivity index (χ1) is 15.0. The van der Waals surface area contributed by atoms with Crippen molar-refractivity contribution in [3.63, 3.8) is 0 Å². The third-order valence-corrected chi connectivity index (χ3v) is 6.23. The first-order valence-corrected chi connectivity index (χ1v) is 10.9. The fourth-order valence-corrected chi connectivity index (χ4v) is 4.40. The van der Waals surface area contributed by atoms with Gasteiger partial charge in [0.2, 0.25) is 0 Å². The van der Waals surface area contributed by atoms with Crippen molar-refractivity contribution < 1.29 is 14.3 Å². The van der Waals surface area contributed by atoms with Crippen LogP contribution in [-0.2, 0) is 17.8 Å². The zero-order chi connectivity index (χ0) is 21.5. The smallest absolute Gasteiger partial charge is 0.275 e. The van der Waals surface area contributed by atoms with Crippen molar-refractivity contribution in [1.29, 1.82) is 0 Å². The second-order valence-corrected chi connectivity index (χ2v) is 8.48. The van der Waals surface area contributed by atoms with E-state index in [2.05, 4.69) is 31.3 Å². The average molecular weight is 503 g/mol. The van der Waals surface area contributed by atoms with E-state index in [1.807, 2.05) is 30.3 Å². The number of carbonyl (C=O) groups excluding carboxylic acids is 2. The Morgan fingerprint density at radius 1 is 1.19 bits per heavy atom. The van der Waals surface area contributed by atoms with Crippen LogP contribution in [0.2, 0.25) is 5.15 Å². The summed E-state index contributed by atoms with van der Waals surface area (Å²) < 4.78 is 7.98. The van der Waals surface area contributed by atoms with E-state index in [0.717, 1.165) is 5.56 Å². The number of carbonyl (C=O) groups is 2. The van der Waals surface area contributed by atoms with Gasteiger partial charge in [-0.25, -0.2) is 9.67 Å². The van der Waals surface area contributed by atoms with Gasteiger partial charge in [0.05, 0.1) is 6.54 Å². The van der Waals surface area contributed by atoms with Crippen molar-refractivity contribution in [1.82, 2.24) is 19.7 Å². The highest BCUT2D eigenvalue weighted by Crippen LogP contribution is 2.31. The van der Waals surface area contributed by atoms with Crippen LogP contribution < -0.4 is 10.1 Å². The molecule has 0 spiro atoms. The molecule has 0 fully saturated rings. The summed E-state index contributed by atoms with van der Waals surface area (Å²) in [6, 6.07) is 12.4. The molecule has 0 bridgehead atoms. The Morgan fingerprint density at radius 2 is 2.00 bits per heavy atom. The highest BCUT2D eigenvalue weighted by atomic mass is 79.9. The lowest BCUT2D eigenvalue weighted by molar-refractivity contribution is -0.121. The summed E-state index contributed by atoms with van der Waals surface area (Å²) in [5.41, 5.74) is 2.02. The summed E-state index contributed by atoms with van der Waals surface area (Å²) in [6.07, 6.45) is 0.509. The molecule has 0 saturated carbocycles. The van der Waals surface area contributed by atoms with Crippen molar-refractivity contribution in [2.24, 2.45) is 0 Å². The summed E-state index contributed by atoms with van der Waals surface area (Å²) in [7, 11) is 0. The van der Waals surface area contributed by atoms with E-state index < -0.39 is 6.04 Å². The van der Waals surface area contributed by atoms with E-state index in [0.29, 0.717) is 46.4 Å². The van der Waals surface area contributed by atoms with Crippen molar-refractivity contribution in [2.45, 2.75) is 19.0 Å². The van der Waals surface area contributed by atoms with Crippen LogP contribution in [0.15, 0.2) is 47.1 Å². The Labute approximate surface area is 191 Å². The number of nitrogens with zero attached hydrogens (tertiary/aromatic N) is 4. The Morgan fingerprint density at radius 3 is 2.81 bits per heavy atom. The fraction of sp³-hybridized carbons (Fsp3) is 0.238. The van der Waals surface area contributed by atoms with Gasteiger partial charge in [0.1, 0.15) is 22.4 Å². The summed E-state index contributed by atoms with van der Waals surface area (Å²) in [6.45, 7) is 0.835. The van der Waals surface area contributed by atoms with Gasteiger partial charge in [-0.05, 0) is 40.0 Å². The topological polar surface area (TPSA) is 89.3 Å². The summed E-state index contributed by atoms with van der Waals surface area (Å²) in [5, 5.41) is 7.68. The maximum Gasteiger partial charge on any atom is 0.275 e. The van der Waals surface area contributed by atoms with Gasteiger partial charge in [-0.15, -0.1) is 0 Å². The van der Waals surface area contributed by atoms with Crippen LogP contribution in [0.1, 0.15) is 21.6 Å². The molecule has 0 unspecified atom stereocenters. The Bertz CT molecular complexity index is 1180. The largest absolute Gasteiger partial charge is 0.487 e. The Hall–Kier alpha value is -2.91. The lowest BCUT2D eigenvalue weighted by atomic mass is 10.0. The molecular formula is C21H17BrClN5O3. The molecule has 8 nitrogen and oxygen atoms in total. The van der Waals surface area contributed by atoms with Gasteiger partial charge < -0.3 is 15.0 Å². The zero-order valence-corrected chi connectivity index (χ0v) is 18.6. The van der Waals surface area contributed by atoms with Crippen LogP contribution >= 0.6 is 27.5 Å². The van der Waals surface area contributed by atoms with Gasteiger partial charge in [0, 0.05) is 12.1 Å². The number of anilines is 1. The number of amides is 2. The SMILES string of the molecule is O=C1Nc2nc(Br)ccc2OC[C@@H]1N1CCc2c(nn(Cc3ccccc3)c2Cl)C1=O. The number of fused-ring (bicyclic) bond motifs is 2. The second-order valence-electron chi connectivity index (χ2n) is 7.31. The fourth-order valence-electron chi connectivity index (χ4n) is 3.80. The maximum absolute atomic E-state index is 13.3. The van der Waals surface area contributed by atoms with Crippen LogP contribution in [0.3, 0.4) is 0 Å². The van der Waals surface area contributed by atoms with E-state index >= 15 is 0 Å². The number of benzene rings is 1. The third-order valence-electron chi connectivity index (χ3n) is 5.36. The van der Waals surface area contributed by atoms with Crippen LogP contribution in [0.5, 0.6) is 5.75 Å². The maximum atomic E-state index is 13.3. The lowest BCUT2D eigenvalue weighted by Gasteiger charge is -2.31. The number of rotatable bonds is 3. The number of ether oxygens (including phenoxy) is 1. The minimum absolute atomic E-state index is 0.0294. The van der Waals surface area contributed by atoms with Gasteiger partial charge in [-0.1, -0.05) is 41.9 Å². The predicted octanol–water partition coefficient (Wildman–Crippen LogP) is 3.14. The molecule has 1 aromatic carbocycles. The molecular weight excluding hydrogens is 486 g/mol. The minimum atomic E-state index is -0.799. The lowest BCUT2D eigenvalue weighted by Crippen LogP contribution is -2.52. The first-order valence-electron chi connectivity index (χ1n) is 9.71. The standard InChI is InChI=1S/C21H17BrClN5O3/c22-16-7-6-15-19(24-16)25-20(29)14(11-31-15)27-9-8-13-17(21(27)30)26-28(18(13)23)10-12-4-2-1-3-5-12/h1-7,14H,8-11H2,(H,24,25,29)/t14-/m0/s1. The highest BCUT2D eigenvalue weighted by Gasteiger charge is 2.39. The number of aromatic nitrogens is 3. The van der Waals surface area contributed by atoms with E-state index in [4.69, 9.17) is 16.3 Å². The van der Waals surface area contributed by atoms with Crippen LogP contribution in [0.25, 0.3) is 0 Å². The van der Waals surface area contributed by atoms with E-state index in [9.17, 15) is 9.59 Å². The van der Waals surface area contributed by atoms with Gasteiger partial charge in [-0.2, -0.15) is 5.10 Å². The predicted molar refractivity (Wildman–Crippen MR) is 117 cm³/mol. The molecule has 2 aliphatic heterocycles. The number of hydrogen-bond acceptors (Lipinski definition) is 5. The normalized spacial score (nSPS) is 18.0. The molecule has 4 heterocycles. The minimum Gasteiger partial charge on any atom is -0.487 e. The van der Waals surface area contributed by atoms with E-state index in [-0.39, 0.29) is 24.1 Å². The number of hydrogen-bond donors (Lipinski definition) is 1. The van der Waals surface area contributed by atoms with E-state index in [1.165, 1.54) is 4.90 Å². The van der Waals surface area contributed by atoms with Crippen LogP contribution in [-0.4, -0.2) is 50.7 Å². The molecule has 2 amide bonds. The molecule has 10 heteroatoms. The molecule has 1 atom stereocenters. The van der Waals surface area contributed by atoms with Crippen LogP contribution in [0.4, 0.5) is 5.82 Å². The van der Waals surface area contributed by atoms with Crippen molar-refractivity contribution in [3.05, 3.63) is 69.0 Å². The number of nitrogens with one attached hydrogen (secondary N) is 1. The van der Waals surface area contributed by atoms with Crippen molar-refractivity contribution in [3.8, 4) is 5.75 Å². The van der Waals surface area contributed by atoms with Crippen molar-refractivity contribution >= 4 is 45.2 Å². The molecule has 2 aromatic heterocycles. The molecule has 2 aliphatic rings. The third kappa shape index (κ3) is 3.68. The molecule has 31 heavy (non-hydrogen) atoms. The Balaban J connectivity index is 1.40. The molecule has 0 aliphatic carbocycles. The summed E-state index contributed by atoms with van der Waals surface area (Å²) in [5.74, 6) is 0.0939. The zero-order valence-electron chi connectivity index (χ0n) is 16.2. The summed E-state index contributed by atoms with van der Waals surface area (Å²) >= 11 is 9.82. The van der Waals surface area contributed by atoms with E-state index in [1.54, 1.807) is 16.8 Å². The summed E-state index contributed by atoms with van der Waals surface area (Å²) in [4.78, 5) is 31.8. The van der Waals surface area contributed by atoms with Gasteiger partial charge in [0.15, 0.2) is 17.3 Å². The quantitative estimate of drug-likeness (QED) is 0.556. The van der Waals surface area contributed by atoms with Crippen LogP contribution in [0, 0.1) is 0 Å². The van der Waals surface area contributed by atoms with Crippen molar-refractivity contribution in [2.75, 3.05) is 18.5 Å². The first kappa shape index (κ1) is 20.0. The second kappa shape index (κ2) is 7.97. The number of pyridine rings is 1. The molecule has 5 rings (SSSR count). The van der Waals surface area contributed by atoms with Gasteiger partial charge in [0.25, 0.3) is 11.8 Å². The number of halogens is 2. The molecule has 0 saturated heterocycles. The monoisotopic (exact) mass is 501 g/mol. The molecule has 0 radical (unpaired) electrons. The molecule has 158 valence electrons. The highest BCUT2D eigenvalue weighted by molar-refractivity contribution is 9.10. The molecule has 3 aromatic rings.